The molecule has 2 rings (SSSR count). The van der Waals surface area contributed by atoms with Crippen molar-refractivity contribution in [2.75, 3.05) is 6.54 Å². The molecule has 4 nitrogen and oxygen atoms in total. The number of hydrogen-bond acceptors (Lipinski definition) is 2. The lowest BCUT2D eigenvalue weighted by Gasteiger charge is -2.03. The molecule has 0 unspecified atom stereocenters. The third-order valence-corrected chi connectivity index (χ3v) is 3.07. The van der Waals surface area contributed by atoms with Gasteiger partial charge in [0.05, 0.1) is 11.0 Å². The summed E-state index contributed by atoms with van der Waals surface area (Å²) < 4.78 is 1.01. The lowest BCUT2D eigenvalue weighted by molar-refractivity contribution is 0.831. The smallest absolute Gasteiger partial charge is 0.323 e. The summed E-state index contributed by atoms with van der Waals surface area (Å²) in [4.78, 5) is 16.5. The second-order valence-electron chi connectivity index (χ2n) is 3.46. The molecule has 0 bridgehead atoms. The molecule has 0 amide bonds. The van der Waals surface area contributed by atoms with Gasteiger partial charge in [-0.1, -0.05) is 15.9 Å². The molecule has 0 radical (unpaired) electrons. The first-order valence-corrected chi connectivity index (χ1v) is 5.60. The summed E-state index contributed by atoms with van der Waals surface area (Å²) in [6, 6.07) is 3.89. The Bertz CT molecular complexity index is 529. The Morgan fingerprint density at radius 3 is 2.60 bits per heavy atom. The molecule has 1 aromatic carbocycles. The van der Waals surface area contributed by atoms with Crippen LogP contribution in [0.5, 0.6) is 0 Å². The van der Waals surface area contributed by atoms with E-state index in [1.807, 2.05) is 12.1 Å². The quantitative estimate of drug-likeness (QED) is 0.790. The summed E-state index contributed by atoms with van der Waals surface area (Å²) in [6.45, 7) is 0.675. The average Bonchev–Trinajstić information content (AvgIpc) is 2.53. The molecule has 80 valence electrons. The Labute approximate surface area is 95.0 Å². The van der Waals surface area contributed by atoms with E-state index < -0.39 is 0 Å². The molecule has 1 aromatic heterocycles. The molecule has 0 fully saturated rings. The van der Waals surface area contributed by atoms with Crippen molar-refractivity contribution in [1.29, 1.82) is 0 Å². The maximum absolute atomic E-state index is 11.1. The van der Waals surface area contributed by atoms with Gasteiger partial charge in [-0.2, -0.15) is 0 Å². The minimum Gasteiger partial charge on any atom is -0.330 e. The minimum absolute atomic E-state index is 0.173. The number of aromatic nitrogens is 2. The minimum atomic E-state index is -0.173. The van der Waals surface area contributed by atoms with Crippen molar-refractivity contribution in [2.24, 2.45) is 5.73 Å². The Morgan fingerprint density at radius 1 is 1.27 bits per heavy atom. The number of nitrogens with two attached hydrogens (primary N) is 1. The number of halogens is 1. The van der Waals surface area contributed by atoms with Gasteiger partial charge in [0.25, 0.3) is 0 Å². The molecule has 0 atom stereocenters. The second-order valence-corrected chi connectivity index (χ2v) is 4.31. The highest BCUT2D eigenvalue weighted by Gasteiger charge is 2.04. The van der Waals surface area contributed by atoms with Crippen molar-refractivity contribution in [1.82, 2.24) is 9.97 Å². The number of fused-ring (bicyclic) bond motifs is 1. The monoisotopic (exact) mass is 269 g/mol. The predicted molar refractivity (Wildman–Crippen MR) is 64.0 cm³/mol. The van der Waals surface area contributed by atoms with Gasteiger partial charge in [-0.25, -0.2) is 4.79 Å². The zero-order valence-electron chi connectivity index (χ0n) is 8.14. The van der Waals surface area contributed by atoms with Gasteiger partial charge in [0.15, 0.2) is 0 Å². The zero-order valence-corrected chi connectivity index (χ0v) is 9.73. The van der Waals surface area contributed by atoms with Gasteiger partial charge in [-0.05, 0) is 37.1 Å². The van der Waals surface area contributed by atoms with Crippen molar-refractivity contribution >= 4 is 27.0 Å². The summed E-state index contributed by atoms with van der Waals surface area (Å²) in [6.07, 6.45) is 1.86. The van der Waals surface area contributed by atoms with Crippen LogP contribution in [0.2, 0.25) is 0 Å². The fourth-order valence-electron chi connectivity index (χ4n) is 1.58. The lowest BCUT2D eigenvalue weighted by Crippen LogP contribution is -2.00. The molecular weight excluding hydrogens is 258 g/mol. The Morgan fingerprint density at radius 2 is 1.93 bits per heavy atom. The van der Waals surface area contributed by atoms with E-state index in [1.54, 1.807) is 0 Å². The van der Waals surface area contributed by atoms with Crippen LogP contribution in [0.15, 0.2) is 21.4 Å². The van der Waals surface area contributed by atoms with E-state index in [-0.39, 0.29) is 5.69 Å². The largest absolute Gasteiger partial charge is 0.330 e. The number of aryl methyl sites for hydroxylation is 1. The van der Waals surface area contributed by atoms with Crippen LogP contribution in [0.4, 0.5) is 0 Å². The first-order chi connectivity index (χ1) is 7.20. The van der Waals surface area contributed by atoms with E-state index in [2.05, 4.69) is 25.9 Å². The summed E-state index contributed by atoms with van der Waals surface area (Å²) in [7, 11) is 0. The molecule has 0 saturated carbocycles. The Hall–Kier alpha value is -1.07. The van der Waals surface area contributed by atoms with Crippen molar-refractivity contribution in [3.63, 3.8) is 0 Å². The maximum Gasteiger partial charge on any atom is 0.323 e. The van der Waals surface area contributed by atoms with Crippen LogP contribution in [0.1, 0.15) is 12.0 Å². The van der Waals surface area contributed by atoms with E-state index in [1.165, 1.54) is 5.56 Å². The Balaban J connectivity index is 2.46. The van der Waals surface area contributed by atoms with Gasteiger partial charge in [0.1, 0.15) is 0 Å². The first-order valence-electron chi connectivity index (χ1n) is 4.81. The number of H-pyrrole nitrogens is 2. The third kappa shape index (κ3) is 2.13. The molecule has 0 aliphatic rings. The summed E-state index contributed by atoms with van der Waals surface area (Å²) in [5, 5.41) is 0. The molecule has 0 saturated heterocycles. The number of imidazole rings is 1. The summed E-state index contributed by atoms with van der Waals surface area (Å²) >= 11 is 3.48. The summed E-state index contributed by atoms with van der Waals surface area (Å²) in [5.41, 5.74) is 8.13. The fraction of sp³-hybridized carbons (Fsp3) is 0.300. The first kappa shape index (κ1) is 10.4. The molecule has 0 spiro atoms. The lowest BCUT2D eigenvalue weighted by atomic mass is 10.1. The second kappa shape index (κ2) is 4.20. The van der Waals surface area contributed by atoms with Gasteiger partial charge in [-0.3, -0.25) is 0 Å². The number of rotatable bonds is 3. The van der Waals surface area contributed by atoms with Gasteiger partial charge < -0.3 is 15.7 Å². The van der Waals surface area contributed by atoms with Crippen LogP contribution in [-0.2, 0) is 6.42 Å². The van der Waals surface area contributed by atoms with Crippen LogP contribution in [0, 0.1) is 0 Å². The maximum atomic E-state index is 11.1. The SMILES string of the molecule is NCCCc1cc2[nH]c(=O)[nH]c2cc1Br. The highest BCUT2D eigenvalue weighted by Crippen LogP contribution is 2.22. The topological polar surface area (TPSA) is 74.7 Å². The molecular formula is C10H12BrN3O. The normalized spacial score (nSPS) is 11.1. The van der Waals surface area contributed by atoms with Crippen molar-refractivity contribution in [3.8, 4) is 0 Å². The zero-order chi connectivity index (χ0) is 10.8. The van der Waals surface area contributed by atoms with E-state index in [9.17, 15) is 4.79 Å². The fourth-order valence-corrected chi connectivity index (χ4v) is 2.13. The van der Waals surface area contributed by atoms with Gasteiger partial charge in [-0.15, -0.1) is 0 Å². The highest BCUT2D eigenvalue weighted by atomic mass is 79.9. The van der Waals surface area contributed by atoms with E-state index in [4.69, 9.17) is 5.73 Å². The van der Waals surface area contributed by atoms with Gasteiger partial charge in [0.2, 0.25) is 0 Å². The predicted octanol–water partition coefficient (Wildman–Crippen LogP) is 1.51. The third-order valence-electron chi connectivity index (χ3n) is 2.33. The van der Waals surface area contributed by atoms with Crippen LogP contribution in [0.25, 0.3) is 11.0 Å². The Kier molecular flexibility index (Phi) is 2.93. The molecule has 15 heavy (non-hydrogen) atoms. The van der Waals surface area contributed by atoms with Crippen molar-refractivity contribution < 1.29 is 0 Å². The highest BCUT2D eigenvalue weighted by molar-refractivity contribution is 9.10. The van der Waals surface area contributed by atoms with Gasteiger partial charge in [0, 0.05) is 4.47 Å². The van der Waals surface area contributed by atoms with Crippen molar-refractivity contribution in [2.45, 2.75) is 12.8 Å². The molecule has 2 aromatic rings. The number of aromatic amines is 2. The summed E-state index contributed by atoms with van der Waals surface area (Å²) in [5.74, 6) is 0. The van der Waals surface area contributed by atoms with E-state index in [0.717, 1.165) is 28.3 Å². The van der Waals surface area contributed by atoms with Crippen LogP contribution in [-0.4, -0.2) is 16.5 Å². The molecule has 0 aliphatic carbocycles. The number of nitrogens with one attached hydrogen (secondary N) is 2. The molecule has 0 aliphatic heterocycles. The van der Waals surface area contributed by atoms with E-state index in [0.29, 0.717) is 6.54 Å². The number of hydrogen-bond donors (Lipinski definition) is 3. The average molecular weight is 270 g/mol. The molecule has 4 N–H and O–H groups in total. The van der Waals surface area contributed by atoms with Crippen LogP contribution < -0.4 is 11.4 Å². The molecule has 1 heterocycles. The molecule has 5 heteroatoms. The van der Waals surface area contributed by atoms with Crippen LogP contribution >= 0.6 is 15.9 Å². The number of benzene rings is 1. The van der Waals surface area contributed by atoms with E-state index >= 15 is 0 Å². The van der Waals surface area contributed by atoms with Crippen molar-refractivity contribution in [3.05, 3.63) is 32.7 Å². The van der Waals surface area contributed by atoms with Gasteiger partial charge >= 0.3 is 5.69 Å². The van der Waals surface area contributed by atoms with Crippen LogP contribution in [0.3, 0.4) is 0 Å². The standard InChI is InChI=1S/C10H12BrN3O/c11-7-5-9-8(13-10(15)14-9)4-6(7)2-1-3-12/h4-5H,1-3,12H2,(H2,13,14,15).